The molecule has 276 valence electrons. The molecule has 12 rings (SSSR count). The zero-order valence-electron chi connectivity index (χ0n) is 32.0. The van der Waals surface area contributed by atoms with E-state index in [0.29, 0.717) is 0 Å². The molecule has 12 aromatic rings. The van der Waals surface area contributed by atoms with Crippen molar-refractivity contribution in [1.82, 2.24) is 0 Å². The highest BCUT2D eigenvalue weighted by Crippen LogP contribution is 2.46. The van der Waals surface area contributed by atoms with Crippen molar-refractivity contribution >= 4 is 82.5 Å². The van der Waals surface area contributed by atoms with Crippen LogP contribution in [-0.4, -0.2) is 0 Å². The molecular weight excluding hydrogens is 719 g/mol. The Morgan fingerprint density at radius 2 is 0.831 bits per heavy atom. The molecule has 59 heavy (non-hydrogen) atoms. The number of rotatable bonds is 6. The van der Waals surface area contributed by atoms with Gasteiger partial charge in [0.1, 0.15) is 22.3 Å². The predicted molar refractivity (Wildman–Crippen MR) is 247 cm³/mol. The Morgan fingerprint density at radius 3 is 1.66 bits per heavy atom. The summed E-state index contributed by atoms with van der Waals surface area (Å²) in [6.07, 6.45) is 0. The van der Waals surface area contributed by atoms with Crippen molar-refractivity contribution < 1.29 is 8.83 Å². The van der Waals surface area contributed by atoms with Crippen LogP contribution in [0.1, 0.15) is 0 Å². The van der Waals surface area contributed by atoms with Gasteiger partial charge in [-0.15, -0.1) is 0 Å². The monoisotopic (exact) mass is 753 g/mol. The van der Waals surface area contributed by atoms with Crippen molar-refractivity contribution in [2.45, 2.75) is 0 Å². The molecule has 10 aromatic carbocycles. The normalized spacial score (nSPS) is 11.7. The smallest absolute Gasteiger partial charge is 0.136 e. The largest absolute Gasteiger partial charge is 0.456 e. The lowest BCUT2D eigenvalue weighted by Crippen LogP contribution is -2.11. The number of benzene rings is 10. The summed E-state index contributed by atoms with van der Waals surface area (Å²) in [5, 5.41) is 9.33. The molecular formula is C56H35NO2. The fourth-order valence-corrected chi connectivity index (χ4v) is 9.04. The lowest BCUT2D eigenvalue weighted by molar-refractivity contribution is 0.669. The predicted octanol–water partition coefficient (Wildman–Crippen LogP) is 16.3. The number of anilines is 3. The molecule has 0 fully saturated rings. The highest BCUT2D eigenvalue weighted by atomic mass is 16.3. The third kappa shape index (κ3) is 5.51. The summed E-state index contributed by atoms with van der Waals surface area (Å²) in [5.74, 6) is 0. The van der Waals surface area contributed by atoms with Crippen LogP contribution in [0.5, 0.6) is 0 Å². The van der Waals surface area contributed by atoms with Crippen LogP contribution in [0.3, 0.4) is 0 Å². The van der Waals surface area contributed by atoms with Crippen LogP contribution in [0.15, 0.2) is 221 Å². The fourth-order valence-electron chi connectivity index (χ4n) is 9.04. The van der Waals surface area contributed by atoms with Crippen molar-refractivity contribution in [1.29, 1.82) is 0 Å². The van der Waals surface area contributed by atoms with Crippen LogP contribution in [0.2, 0.25) is 0 Å². The zero-order valence-corrected chi connectivity index (χ0v) is 32.0. The summed E-state index contributed by atoms with van der Waals surface area (Å²) in [5.41, 5.74) is 13.6. The molecule has 2 heterocycles. The van der Waals surface area contributed by atoms with E-state index in [1.54, 1.807) is 0 Å². The van der Waals surface area contributed by atoms with Crippen molar-refractivity contribution in [2.24, 2.45) is 0 Å². The second-order valence-electron chi connectivity index (χ2n) is 15.3. The first kappa shape index (κ1) is 33.3. The number of hydrogen-bond acceptors (Lipinski definition) is 3. The van der Waals surface area contributed by atoms with Gasteiger partial charge in [0.05, 0.1) is 5.69 Å². The Morgan fingerprint density at radius 1 is 0.288 bits per heavy atom. The van der Waals surface area contributed by atoms with Crippen LogP contribution < -0.4 is 4.90 Å². The van der Waals surface area contributed by atoms with E-state index in [1.165, 1.54) is 32.7 Å². The first-order valence-corrected chi connectivity index (χ1v) is 20.1. The fraction of sp³-hybridized carbons (Fsp3) is 0. The van der Waals surface area contributed by atoms with E-state index in [1.807, 2.05) is 12.1 Å². The van der Waals surface area contributed by atoms with E-state index in [-0.39, 0.29) is 0 Å². The Kier molecular flexibility index (Phi) is 7.54. The highest BCUT2D eigenvalue weighted by molar-refractivity contribution is 6.16. The molecule has 0 saturated heterocycles. The molecule has 2 aromatic heterocycles. The molecule has 0 spiro atoms. The lowest BCUT2D eigenvalue weighted by atomic mass is 9.95. The van der Waals surface area contributed by atoms with Gasteiger partial charge in [0.2, 0.25) is 0 Å². The molecule has 0 N–H and O–H groups in total. The molecule has 3 nitrogen and oxygen atoms in total. The first-order valence-electron chi connectivity index (χ1n) is 20.1. The van der Waals surface area contributed by atoms with Crippen molar-refractivity contribution in [3.8, 4) is 33.4 Å². The van der Waals surface area contributed by atoms with Gasteiger partial charge in [-0.05, 0) is 116 Å². The number of hydrogen-bond donors (Lipinski definition) is 0. The summed E-state index contributed by atoms with van der Waals surface area (Å²) < 4.78 is 12.8. The molecule has 0 amide bonds. The molecule has 0 aliphatic carbocycles. The second-order valence-corrected chi connectivity index (χ2v) is 15.3. The van der Waals surface area contributed by atoms with E-state index in [9.17, 15) is 0 Å². The molecule has 0 saturated carbocycles. The number of para-hydroxylation sites is 2. The van der Waals surface area contributed by atoms with Crippen LogP contribution in [0.4, 0.5) is 17.1 Å². The van der Waals surface area contributed by atoms with Gasteiger partial charge < -0.3 is 13.7 Å². The van der Waals surface area contributed by atoms with E-state index < -0.39 is 0 Å². The topological polar surface area (TPSA) is 29.5 Å². The maximum atomic E-state index is 6.56. The molecule has 0 unspecified atom stereocenters. The van der Waals surface area contributed by atoms with Crippen LogP contribution in [0, 0.1) is 0 Å². The van der Waals surface area contributed by atoms with E-state index >= 15 is 0 Å². The summed E-state index contributed by atoms with van der Waals surface area (Å²) in [6.45, 7) is 0. The van der Waals surface area contributed by atoms with Gasteiger partial charge in [0, 0.05) is 38.5 Å². The van der Waals surface area contributed by atoms with Gasteiger partial charge in [0.25, 0.3) is 0 Å². The van der Waals surface area contributed by atoms with E-state index in [2.05, 4.69) is 205 Å². The standard InChI is InChI=1S/C56H35NO2/c1-2-13-40-34-55-50(33-39(40)12-1)56-49(19-10-22-53(56)59-55)46-16-5-7-20-51(46)57(43-30-25-38(26-31-43)45-18-9-14-37-11-3-4-15-44(37)45)42-28-23-36(24-29-42)41-27-32-48-47-17-6-8-21-52(47)58-54(48)35-41/h1-35H. The molecule has 0 aliphatic rings. The van der Waals surface area contributed by atoms with Gasteiger partial charge in [-0.25, -0.2) is 0 Å². The number of nitrogens with zero attached hydrogens (tertiary/aromatic N) is 1. The molecule has 0 bridgehead atoms. The quantitative estimate of drug-likeness (QED) is 0.169. The van der Waals surface area contributed by atoms with Crippen molar-refractivity contribution in [3.63, 3.8) is 0 Å². The third-order valence-electron chi connectivity index (χ3n) is 11.9. The Balaban J connectivity index is 1.02. The van der Waals surface area contributed by atoms with Gasteiger partial charge in [-0.3, -0.25) is 0 Å². The Bertz CT molecular complexity index is 3550. The van der Waals surface area contributed by atoms with Crippen molar-refractivity contribution in [3.05, 3.63) is 212 Å². The minimum atomic E-state index is 0.874. The SMILES string of the molecule is c1ccc(N(c2ccc(-c3ccc4c(c3)oc3ccccc34)cc2)c2ccc(-c3cccc4ccccc34)cc2)c(-c2cccc3oc4cc5ccccc5cc4c23)c1. The van der Waals surface area contributed by atoms with Gasteiger partial charge in [-0.1, -0.05) is 146 Å². The lowest BCUT2D eigenvalue weighted by Gasteiger charge is -2.28. The third-order valence-corrected chi connectivity index (χ3v) is 11.9. The number of fused-ring (bicyclic) bond motifs is 8. The van der Waals surface area contributed by atoms with Crippen molar-refractivity contribution in [2.75, 3.05) is 4.90 Å². The van der Waals surface area contributed by atoms with Crippen LogP contribution >= 0.6 is 0 Å². The van der Waals surface area contributed by atoms with Gasteiger partial charge in [0.15, 0.2) is 0 Å². The van der Waals surface area contributed by atoms with Gasteiger partial charge in [-0.2, -0.15) is 0 Å². The summed E-state index contributed by atoms with van der Waals surface area (Å²) >= 11 is 0. The Hall–Kier alpha value is -7.88. The average Bonchev–Trinajstić information content (AvgIpc) is 3.86. The molecule has 0 atom stereocenters. The van der Waals surface area contributed by atoms with Crippen LogP contribution in [0.25, 0.3) is 98.8 Å². The zero-order chi connectivity index (χ0) is 38.9. The molecule has 0 radical (unpaired) electrons. The van der Waals surface area contributed by atoms with Gasteiger partial charge >= 0.3 is 0 Å². The Labute approximate surface area is 340 Å². The maximum Gasteiger partial charge on any atom is 0.136 e. The summed E-state index contributed by atoms with van der Waals surface area (Å²) in [4.78, 5) is 2.38. The summed E-state index contributed by atoms with van der Waals surface area (Å²) in [6, 6.07) is 75.8. The van der Waals surface area contributed by atoms with E-state index in [0.717, 1.165) is 83.2 Å². The highest BCUT2D eigenvalue weighted by Gasteiger charge is 2.21. The minimum Gasteiger partial charge on any atom is -0.456 e. The minimum absolute atomic E-state index is 0.874. The summed E-state index contributed by atoms with van der Waals surface area (Å²) in [7, 11) is 0. The molecule has 3 heteroatoms. The maximum absolute atomic E-state index is 6.56. The van der Waals surface area contributed by atoms with Crippen LogP contribution in [-0.2, 0) is 0 Å². The average molecular weight is 754 g/mol. The number of furan rings is 2. The first-order chi connectivity index (χ1) is 29.2. The van der Waals surface area contributed by atoms with E-state index in [4.69, 9.17) is 8.83 Å². The molecule has 0 aliphatic heterocycles. The second kappa shape index (κ2) is 13.4.